The fourth-order valence-electron chi connectivity index (χ4n) is 1.72. The lowest BCUT2D eigenvalue weighted by molar-refractivity contribution is 0.0898. The maximum absolute atomic E-state index is 11.9. The number of fused-ring (bicyclic) bond motifs is 1. The molecule has 6 heteroatoms. The predicted octanol–water partition coefficient (Wildman–Crippen LogP) is 2.73. The van der Waals surface area contributed by atoms with Crippen molar-refractivity contribution in [2.45, 2.75) is 11.6 Å². The zero-order valence-corrected chi connectivity index (χ0v) is 10.3. The fraction of sp³-hybridized carbons (Fsp3) is 0.182. The van der Waals surface area contributed by atoms with E-state index in [1.165, 1.54) is 0 Å². The SMILES string of the molecule is O=C1CCSc2nnc(-c3ccc(Cl)cc3)n21. The predicted molar refractivity (Wildman–Crippen MR) is 66.4 cm³/mol. The molecule has 0 unspecified atom stereocenters. The maximum Gasteiger partial charge on any atom is 0.235 e. The average molecular weight is 266 g/mol. The molecule has 86 valence electrons. The van der Waals surface area contributed by atoms with Gasteiger partial charge in [0.1, 0.15) is 0 Å². The summed E-state index contributed by atoms with van der Waals surface area (Å²) in [6.07, 6.45) is 0.524. The Labute approximate surface area is 107 Å². The van der Waals surface area contributed by atoms with Crippen molar-refractivity contribution >= 4 is 29.3 Å². The first-order valence-electron chi connectivity index (χ1n) is 5.13. The summed E-state index contributed by atoms with van der Waals surface area (Å²) in [5.41, 5.74) is 0.851. The van der Waals surface area contributed by atoms with Crippen LogP contribution in [0, 0.1) is 0 Å². The largest absolute Gasteiger partial charge is 0.274 e. The van der Waals surface area contributed by atoms with Crippen LogP contribution in [0.2, 0.25) is 5.02 Å². The first kappa shape index (κ1) is 10.8. The van der Waals surface area contributed by atoms with Gasteiger partial charge in [0.2, 0.25) is 5.91 Å². The first-order valence-corrected chi connectivity index (χ1v) is 6.49. The quantitative estimate of drug-likeness (QED) is 0.795. The third kappa shape index (κ3) is 1.85. The molecule has 0 spiro atoms. The van der Waals surface area contributed by atoms with Crippen LogP contribution in [0.15, 0.2) is 29.4 Å². The average Bonchev–Trinajstić information content (AvgIpc) is 2.75. The molecule has 1 aromatic carbocycles. The molecule has 0 atom stereocenters. The van der Waals surface area contributed by atoms with Crippen LogP contribution >= 0.6 is 23.4 Å². The molecule has 0 saturated carbocycles. The van der Waals surface area contributed by atoms with Crippen molar-refractivity contribution in [3.05, 3.63) is 29.3 Å². The van der Waals surface area contributed by atoms with Crippen LogP contribution in [0.5, 0.6) is 0 Å². The third-order valence-corrected chi connectivity index (χ3v) is 3.71. The number of hydrogen-bond donors (Lipinski definition) is 0. The van der Waals surface area contributed by atoms with Gasteiger partial charge in [-0.05, 0) is 24.3 Å². The minimum Gasteiger partial charge on any atom is -0.274 e. The topological polar surface area (TPSA) is 47.8 Å². The van der Waals surface area contributed by atoms with Crippen molar-refractivity contribution in [2.24, 2.45) is 0 Å². The van der Waals surface area contributed by atoms with E-state index in [0.717, 1.165) is 11.3 Å². The summed E-state index contributed by atoms with van der Waals surface area (Å²) >= 11 is 7.38. The number of rotatable bonds is 1. The molecule has 2 aromatic rings. The lowest BCUT2D eigenvalue weighted by Gasteiger charge is -2.12. The lowest BCUT2D eigenvalue weighted by atomic mass is 10.2. The van der Waals surface area contributed by atoms with E-state index in [9.17, 15) is 4.79 Å². The number of hydrogen-bond acceptors (Lipinski definition) is 4. The number of halogens is 1. The van der Waals surface area contributed by atoms with Crippen LogP contribution in [-0.2, 0) is 0 Å². The third-order valence-electron chi connectivity index (χ3n) is 2.53. The van der Waals surface area contributed by atoms with Crippen LogP contribution in [0.3, 0.4) is 0 Å². The molecule has 0 aliphatic carbocycles. The Morgan fingerprint density at radius 2 is 2.00 bits per heavy atom. The second-order valence-electron chi connectivity index (χ2n) is 3.64. The molecule has 0 fully saturated rings. The Kier molecular flexibility index (Phi) is 2.64. The molecule has 0 saturated heterocycles. The molecule has 1 aromatic heterocycles. The van der Waals surface area contributed by atoms with Crippen LogP contribution < -0.4 is 0 Å². The second kappa shape index (κ2) is 4.16. The Morgan fingerprint density at radius 1 is 1.24 bits per heavy atom. The van der Waals surface area contributed by atoms with Gasteiger partial charge in [-0.1, -0.05) is 23.4 Å². The number of aromatic nitrogens is 3. The number of thioether (sulfide) groups is 1. The molecule has 0 amide bonds. The van der Waals surface area contributed by atoms with E-state index < -0.39 is 0 Å². The molecule has 4 nitrogen and oxygen atoms in total. The highest BCUT2D eigenvalue weighted by atomic mass is 35.5. The summed E-state index contributed by atoms with van der Waals surface area (Å²) in [4.78, 5) is 11.9. The van der Waals surface area contributed by atoms with Crippen molar-refractivity contribution in [1.29, 1.82) is 0 Å². The first-order chi connectivity index (χ1) is 8.25. The minimum absolute atomic E-state index is 0.0497. The van der Waals surface area contributed by atoms with Gasteiger partial charge in [0.25, 0.3) is 0 Å². The van der Waals surface area contributed by atoms with Gasteiger partial charge < -0.3 is 0 Å². The zero-order chi connectivity index (χ0) is 11.8. The number of nitrogens with zero attached hydrogens (tertiary/aromatic N) is 3. The molecular weight excluding hydrogens is 258 g/mol. The molecule has 0 bridgehead atoms. The van der Waals surface area contributed by atoms with E-state index in [0.29, 0.717) is 22.4 Å². The molecular formula is C11H8ClN3OS. The lowest BCUT2D eigenvalue weighted by Crippen LogP contribution is -2.18. The van der Waals surface area contributed by atoms with E-state index >= 15 is 0 Å². The van der Waals surface area contributed by atoms with Crippen LogP contribution in [0.1, 0.15) is 11.2 Å². The highest BCUT2D eigenvalue weighted by molar-refractivity contribution is 7.99. The molecule has 17 heavy (non-hydrogen) atoms. The van der Waals surface area contributed by atoms with Gasteiger partial charge in [-0.3, -0.25) is 4.79 Å². The van der Waals surface area contributed by atoms with Crippen molar-refractivity contribution in [3.8, 4) is 11.4 Å². The van der Waals surface area contributed by atoms with Crippen molar-refractivity contribution in [3.63, 3.8) is 0 Å². The van der Waals surface area contributed by atoms with Crippen molar-refractivity contribution in [2.75, 3.05) is 5.75 Å². The summed E-state index contributed by atoms with van der Waals surface area (Å²) in [7, 11) is 0. The smallest absolute Gasteiger partial charge is 0.235 e. The van der Waals surface area contributed by atoms with Gasteiger partial charge >= 0.3 is 0 Å². The van der Waals surface area contributed by atoms with E-state index in [1.807, 2.05) is 12.1 Å². The Morgan fingerprint density at radius 3 is 2.76 bits per heavy atom. The molecule has 2 heterocycles. The maximum atomic E-state index is 11.9. The highest BCUT2D eigenvalue weighted by Crippen LogP contribution is 2.28. The van der Waals surface area contributed by atoms with E-state index in [4.69, 9.17) is 11.6 Å². The number of carbonyl (C=O) groups excluding carboxylic acids is 1. The number of benzene rings is 1. The van der Waals surface area contributed by atoms with Gasteiger partial charge in [-0.2, -0.15) is 0 Å². The summed E-state index contributed by atoms with van der Waals surface area (Å²) in [5.74, 6) is 1.42. The van der Waals surface area contributed by atoms with Crippen LogP contribution in [-0.4, -0.2) is 26.4 Å². The van der Waals surface area contributed by atoms with Gasteiger partial charge in [0.15, 0.2) is 11.0 Å². The molecule has 0 radical (unpaired) electrons. The zero-order valence-electron chi connectivity index (χ0n) is 8.76. The minimum atomic E-state index is 0.0497. The van der Waals surface area contributed by atoms with Crippen LogP contribution in [0.4, 0.5) is 0 Å². The Hall–Kier alpha value is -1.33. The Bertz CT molecular complexity index is 579. The molecule has 0 N–H and O–H groups in total. The molecule has 1 aliphatic heterocycles. The van der Waals surface area contributed by atoms with Gasteiger partial charge in [0.05, 0.1) is 0 Å². The van der Waals surface area contributed by atoms with Gasteiger partial charge in [0, 0.05) is 22.8 Å². The summed E-state index contributed by atoms with van der Waals surface area (Å²) in [6.45, 7) is 0. The highest BCUT2D eigenvalue weighted by Gasteiger charge is 2.23. The molecule has 1 aliphatic rings. The van der Waals surface area contributed by atoms with Crippen molar-refractivity contribution in [1.82, 2.24) is 14.8 Å². The normalized spacial score (nSPS) is 14.8. The standard InChI is InChI=1S/C11H8ClN3OS/c12-8-3-1-7(2-4-8)10-13-14-11-15(10)9(16)5-6-17-11/h1-4H,5-6H2. The fourth-order valence-corrected chi connectivity index (χ4v) is 2.72. The van der Waals surface area contributed by atoms with E-state index in [1.54, 1.807) is 28.5 Å². The Balaban J connectivity index is 2.12. The van der Waals surface area contributed by atoms with Crippen LogP contribution in [0.25, 0.3) is 11.4 Å². The van der Waals surface area contributed by atoms with Gasteiger partial charge in [-0.15, -0.1) is 10.2 Å². The second-order valence-corrected chi connectivity index (χ2v) is 5.14. The number of carbonyl (C=O) groups is 1. The van der Waals surface area contributed by atoms with Gasteiger partial charge in [-0.25, -0.2) is 4.57 Å². The molecule has 3 rings (SSSR count). The van der Waals surface area contributed by atoms with E-state index in [2.05, 4.69) is 10.2 Å². The summed E-state index contributed by atoms with van der Waals surface area (Å²) < 4.78 is 1.58. The summed E-state index contributed by atoms with van der Waals surface area (Å²) in [6, 6.07) is 7.23. The summed E-state index contributed by atoms with van der Waals surface area (Å²) in [5, 5.41) is 9.44. The van der Waals surface area contributed by atoms with E-state index in [-0.39, 0.29) is 5.91 Å². The monoisotopic (exact) mass is 265 g/mol. The van der Waals surface area contributed by atoms with Crippen molar-refractivity contribution < 1.29 is 4.79 Å².